The molecular weight excluding hydrogens is 1170 g/mol. The largest absolute Gasteiger partial charge is 0.295 e. The molecule has 0 amide bonds. The monoisotopic (exact) mass is 1330 g/mol. The van der Waals surface area contributed by atoms with Gasteiger partial charge in [0.15, 0.2) is 6.71 Å². The SMILES string of the molecule is CC(C)(C)C1CCC(C2CC3C4B(C5CCC(C6CCCCC6)CC5N3C3C(C5CCCCC5)CCCC3C3CCCCC3)C3CCC(C5CC6CC(C(C)(C)C)CC7CCC8CC(C(C)(C)C)CC5C8C76)CC3N(C3C(C5CCCCC5)CCCC3C3CCCCC3)C4C2)CC1. The van der Waals surface area contributed by atoms with Crippen LogP contribution in [0.3, 0.4) is 0 Å². The molecule has 2 nitrogen and oxygen atoms in total. The van der Waals surface area contributed by atoms with E-state index in [-0.39, 0.29) is 0 Å². The summed E-state index contributed by atoms with van der Waals surface area (Å²) in [5, 5.41) is 0. The Labute approximate surface area is 602 Å². The molecule has 0 aromatic carbocycles. The van der Waals surface area contributed by atoms with E-state index in [9.17, 15) is 0 Å². The smallest absolute Gasteiger partial charge is 0.156 e. The van der Waals surface area contributed by atoms with E-state index in [1.165, 1.54) is 44.9 Å². The average molecular weight is 1330 g/mol. The Hall–Kier alpha value is -0.0151. The zero-order valence-electron chi connectivity index (χ0n) is 65.8. The first-order chi connectivity index (χ1) is 47.0. The van der Waals surface area contributed by atoms with Gasteiger partial charge in [0, 0.05) is 36.3 Å². The van der Waals surface area contributed by atoms with Gasteiger partial charge in [0.2, 0.25) is 0 Å². The van der Waals surface area contributed by atoms with Gasteiger partial charge >= 0.3 is 0 Å². The van der Waals surface area contributed by atoms with E-state index in [0.29, 0.717) is 16.2 Å². The fraction of sp³-hybridized carbons (Fsp3) is 1.00. The van der Waals surface area contributed by atoms with Crippen molar-refractivity contribution >= 4 is 6.71 Å². The zero-order chi connectivity index (χ0) is 66.1. The van der Waals surface area contributed by atoms with Gasteiger partial charge < -0.3 is 0 Å². The molecule has 0 aromatic rings. The predicted octanol–water partition coefficient (Wildman–Crippen LogP) is 26.5. The summed E-state index contributed by atoms with van der Waals surface area (Å²) in [6.07, 6.45) is 79.3. The van der Waals surface area contributed by atoms with Crippen LogP contribution in [-0.4, -0.2) is 52.8 Å². The zero-order valence-corrected chi connectivity index (χ0v) is 65.8. The van der Waals surface area contributed by atoms with Crippen LogP contribution < -0.4 is 0 Å². The third-order valence-corrected chi connectivity index (χ3v) is 38.3. The Morgan fingerprint density at radius 2 is 0.567 bits per heavy atom. The van der Waals surface area contributed by atoms with E-state index in [1.54, 1.807) is 276 Å². The normalized spacial score (nSPS) is 48.5. The summed E-state index contributed by atoms with van der Waals surface area (Å²) >= 11 is 0. The Morgan fingerprint density at radius 1 is 0.216 bits per heavy atom. The standard InChI is InChI=1S/C94H159BN2/c1-92(2,3)72-47-43-61(44-48-72)70-57-85-89-86(58-70)97(91-77(64-33-21-13-22-34-64)39-26-40-78(91)65-35-23-14-24-36-65)84-56-67(79-54-71-53-73(93(4,5)6)51-68-41-42-69-52-74(94(7,8)9)59-80(79)88(69)87(68)71)46-50-82(84)95(89)81-49-45-66(60-27-15-10-16-28-60)55-83(81)96(85)90-75(62-29-17-11-18-30-62)37-25-38-76(90)63-31-19-12-20-32-63/h60-91H,10-59H2,1-9H3. The summed E-state index contributed by atoms with van der Waals surface area (Å²) in [6, 6.07) is 5.24. The van der Waals surface area contributed by atoms with Crippen LogP contribution in [0.5, 0.6) is 0 Å². The van der Waals surface area contributed by atoms with Crippen molar-refractivity contribution in [2.75, 3.05) is 0 Å². The molecule has 15 aliphatic carbocycles. The minimum absolute atomic E-state index is 0.440. The highest BCUT2D eigenvalue weighted by Gasteiger charge is 2.69. The molecule has 2 saturated heterocycles. The molecule has 17 aliphatic rings. The second-order valence-corrected chi connectivity index (χ2v) is 45.1. The lowest BCUT2D eigenvalue weighted by Gasteiger charge is -2.72. The van der Waals surface area contributed by atoms with Crippen molar-refractivity contribution < 1.29 is 0 Å². The first-order valence-corrected chi connectivity index (χ1v) is 46.6. The van der Waals surface area contributed by atoms with Crippen molar-refractivity contribution in [2.45, 2.75) is 437 Å². The van der Waals surface area contributed by atoms with Gasteiger partial charge in [0.25, 0.3) is 0 Å². The van der Waals surface area contributed by atoms with Gasteiger partial charge in [-0.1, -0.05) is 261 Å². The summed E-state index contributed by atoms with van der Waals surface area (Å²) < 4.78 is 0. The van der Waals surface area contributed by atoms with E-state index < -0.39 is 0 Å². The van der Waals surface area contributed by atoms with Gasteiger partial charge in [-0.2, -0.15) is 0 Å². The lowest BCUT2D eigenvalue weighted by molar-refractivity contribution is -0.158. The molecule has 2 aliphatic heterocycles. The second-order valence-electron chi connectivity index (χ2n) is 45.1. The maximum absolute atomic E-state index is 4.01. The Kier molecular flexibility index (Phi) is 20.9. The summed E-state index contributed by atoms with van der Waals surface area (Å²) in [6.45, 7) is 25.2. The summed E-state index contributed by atoms with van der Waals surface area (Å²) in [5.41, 5.74) is 1.35. The van der Waals surface area contributed by atoms with Gasteiger partial charge in [-0.3, -0.25) is 9.80 Å². The van der Waals surface area contributed by atoms with Gasteiger partial charge in [0.05, 0.1) is 0 Å². The van der Waals surface area contributed by atoms with E-state index >= 15 is 0 Å². The van der Waals surface area contributed by atoms with Crippen LogP contribution in [0.15, 0.2) is 0 Å². The third-order valence-electron chi connectivity index (χ3n) is 38.3. The van der Waals surface area contributed by atoms with Crippen molar-refractivity contribution in [1.29, 1.82) is 0 Å². The summed E-state index contributed by atoms with van der Waals surface area (Å²) in [4.78, 5) is 7.97. The van der Waals surface area contributed by atoms with Crippen molar-refractivity contribution in [2.24, 2.45) is 152 Å². The molecule has 0 N–H and O–H groups in total. The van der Waals surface area contributed by atoms with E-state index in [4.69, 9.17) is 0 Å². The average Bonchev–Trinajstić information content (AvgIpc) is 0.694. The summed E-state index contributed by atoms with van der Waals surface area (Å²) in [7, 11) is 0. The molecule has 17 rings (SSSR count). The van der Waals surface area contributed by atoms with Crippen molar-refractivity contribution in [3.05, 3.63) is 0 Å². The fourth-order valence-electron chi connectivity index (χ4n) is 34.1. The Balaban J connectivity index is 0.837. The van der Waals surface area contributed by atoms with Crippen LogP contribution in [0.2, 0.25) is 17.5 Å². The Morgan fingerprint density at radius 3 is 1.01 bits per heavy atom. The van der Waals surface area contributed by atoms with Crippen LogP contribution >= 0.6 is 0 Å². The van der Waals surface area contributed by atoms with Gasteiger partial charge in [0.1, 0.15) is 0 Å². The topological polar surface area (TPSA) is 6.48 Å². The predicted molar refractivity (Wildman–Crippen MR) is 413 cm³/mol. The molecule has 548 valence electrons. The van der Waals surface area contributed by atoms with Crippen LogP contribution in [0.1, 0.15) is 383 Å². The molecule has 0 spiro atoms. The number of nitrogens with zero attached hydrogens (tertiary/aromatic N) is 2. The van der Waals surface area contributed by atoms with Gasteiger partial charge in [-0.15, -0.1) is 0 Å². The second kappa shape index (κ2) is 28.9. The molecule has 2 heterocycles. The minimum Gasteiger partial charge on any atom is -0.295 e. The number of rotatable bonds is 9. The molecule has 0 radical (unpaired) electrons. The molecule has 97 heavy (non-hydrogen) atoms. The van der Waals surface area contributed by atoms with E-state index in [0.717, 1.165) is 197 Å². The molecule has 23 unspecified atom stereocenters. The van der Waals surface area contributed by atoms with Crippen LogP contribution in [0.4, 0.5) is 0 Å². The first-order valence-electron chi connectivity index (χ1n) is 46.6. The number of hydrogen-bond donors (Lipinski definition) is 0. The lowest BCUT2D eigenvalue weighted by atomic mass is 9.18. The van der Waals surface area contributed by atoms with Crippen molar-refractivity contribution in [3.8, 4) is 0 Å². The highest BCUT2D eigenvalue weighted by atomic mass is 15.3. The molecule has 0 bridgehead atoms. The maximum Gasteiger partial charge on any atom is 0.156 e. The van der Waals surface area contributed by atoms with Crippen LogP contribution in [-0.2, 0) is 0 Å². The Bertz CT molecular complexity index is 2480. The van der Waals surface area contributed by atoms with Gasteiger partial charge in [-0.25, -0.2) is 0 Å². The molecular formula is C94H159BN2. The minimum atomic E-state index is 0.440. The van der Waals surface area contributed by atoms with Crippen LogP contribution in [0, 0.1) is 152 Å². The maximum atomic E-state index is 4.01. The van der Waals surface area contributed by atoms with Crippen molar-refractivity contribution in [1.82, 2.24) is 9.80 Å². The highest BCUT2D eigenvalue weighted by Crippen LogP contribution is 2.71. The van der Waals surface area contributed by atoms with E-state index in [2.05, 4.69) is 72.1 Å². The quantitative estimate of drug-likeness (QED) is 0.212. The third kappa shape index (κ3) is 13.5. The van der Waals surface area contributed by atoms with E-state index in [1.807, 2.05) is 0 Å². The fourth-order valence-corrected chi connectivity index (χ4v) is 34.1. The molecule has 0 aromatic heterocycles. The molecule has 15 saturated carbocycles. The van der Waals surface area contributed by atoms with Crippen LogP contribution in [0.25, 0.3) is 0 Å². The van der Waals surface area contributed by atoms with Gasteiger partial charge in [-0.05, 0) is 292 Å². The van der Waals surface area contributed by atoms with Crippen molar-refractivity contribution in [3.63, 3.8) is 0 Å². The summed E-state index contributed by atoms with van der Waals surface area (Å²) in [5.74, 6) is 25.8. The number of hydrogen-bond acceptors (Lipinski definition) is 2. The first kappa shape index (κ1) is 70.0. The lowest BCUT2D eigenvalue weighted by Crippen LogP contribution is -2.77. The highest BCUT2D eigenvalue weighted by molar-refractivity contribution is 6.65. The molecule has 17 fully saturated rings. The number of fused-ring (bicyclic) bond motifs is 4. The molecule has 23 atom stereocenters. The molecule has 3 heteroatoms.